The summed E-state index contributed by atoms with van der Waals surface area (Å²) in [6.45, 7) is 2.07. The molecule has 92 valence electrons. The van der Waals surface area contributed by atoms with Crippen LogP contribution in [0.3, 0.4) is 0 Å². The average molecular weight is 239 g/mol. The van der Waals surface area contributed by atoms with E-state index >= 15 is 0 Å². The van der Waals surface area contributed by atoms with Crippen LogP contribution in [0.25, 0.3) is 10.8 Å². The van der Waals surface area contributed by atoms with Crippen LogP contribution in [-0.2, 0) is 6.42 Å². The number of Topliss-reactive ketones (excluding diaryl/α,β-unsaturated/α-hetero) is 1. The van der Waals surface area contributed by atoms with Crippen molar-refractivity contribution in [2.45, 2.75) is 19.8 Å². The Morgan fingerprint density at radius 2 is 1.89 bits per heavy atom. The first kappa shape index (κ1) is 11.3. The third-order valence-electron chi connectivity index (χ3n) is 3.88. The first-order chi connectivity index (χ1) is 8.58. The second-order valence-corrected chi connectivity index (χ2v) is 5.26. The van der Waals surface area contributed by atoms with E-state index in [-0.39, 0.29) is 0 Å². The van der Waals surface area contributed by atoms with Crippen LogP contribution >= 0.6 is 0 Å². The van der Waals surface area contributed by atoms with Gasteiger partial charge in [0, 0.05) is 31.8 Å². The number of anilines is 1. The van der Waals surface area contributed by atoms with E-state index < -0.39 is 0 Å². The van der Waals surface area contributed by atoms with Crippen LogP contribution < -0.4 is 4.90 Å². The molecule has 0 aliphatic heterocycles. The van der Waals surface area contributed by atoms with Crippen LogP contribution in [0.2, 0.25) is 0 Å². The van der Waals surface area contributed by atoms with Gasteiger partial charge >= 0.3 is 0 Å². The Morgan fingerprint density at radius 1 is 1.11 bits per heavy atom. The summed E-state index contributed by atoms with van der Waals surface area (Å²) in [4.78, 5) is 14.0. The highest BCUT2D eigenvalue weighted by Gasteiger charge is 2.23. The lowest BCUT2D eigenvalue weighted by Gasteiger charge is -2.15. The van der Waals surface area contributed by atoms with E-state index in [9.17, 15) is 4.79 Å². The van der Waals surface area contributed by atoms with Crippen LogP contribution in [0.5, 0.6) is 0 Å². The monoisotopic (exact) mass is 239 g/mol. The summed E-state index contributed by atoms with van der Waals surface area (Å²) < 4.78 is 0. The quantitative estimate of drug-likeness (QED) is 0.760. The third-order valence-corrected chi connectivity index (χ3v) is 3.88. The molecule has 0 radical (unpaired) electrons. The van der Waals surface area contributed by atoms with Gasteiger partial charge in [0.15, 0.2) is 5.78 Å². The molecule has 0 heterocycles. The summed E-state index contributed by atoms with van der Waals surface area (Å²) in [5, 5.41) is 2.45. The minimum absolute atomic E-state index is 0.305. The van der Waals surface area contributed by atoms with Crippen LogP contribution in [0.15, 0.2) is 24.3 Å². The molecule has 2 heteroatoms. The van der Waals surface area contributed by atoms with Gasteiger partial charge in [-0.05, 0) is 47.4 Å². The van der Waals surface area contributed by atoms with E-state index in [1.165, 1.54) is 22.0 Å². The zero-order valence-corrected chi connectivity index (χ0v) is 11.1. The molecule has 0 N–H and O–H groups in total. The minimum atomic E-state index is 0.305. The van der Waals surface area contributed by atoms with Crippen LogP contribution in [-0.4, -0.2) is 19.9 Å². The second kappa shape index (κ2) is 3.84. The molecular formula is C16H17NO. The van der Waals surface area contributed by atoms with Crippen LogP contribution in [0.4, 0.5) is 5.69 Å². The van der Waals surface area contributed by atoms with Crippen molar-refractivity contribution < 1.29 is 4.79 Å². The fourth-order valence-electron chi connectivity index (χ4n) is 2.87. The number of nitrogens with zero attached hydrogens (tertiary/aromatic N) is 1. The van der Waals surface area contributed by atoms with Crippen molar-refractivity contribution in [2.75, 3.05) is 19.0 Å². The zero-order valence-electron chi connectivity index (χ0n) is 11.1. The Bertz CT molecular complexity index is 656. The van der Waals surface area contributed by atoms with Crippen molar-refractivity contribution in [3.05, 3.63) is 41.0 Å². The Kier molecular flexibility index (Phi) is 2.40. The van der Waals surface area contributed by atoms with Crippen molar-refractivity contribution in [1.82, 2.24) is 0 Å². The summed E-state index contributed by atoms with van der Waals surface area (Å²) in [6.07, 6.45) is 1.58. The lowest BCUT2D eigenvalue weighted by molar-refractivity contribution is 0.0994. The largest absolute Gasteiger partial charge is 0.378 e. The van der Waals surface area contributed by atoms with E-state index in [0.29, 0.717) is 12.2 Å². The summed E-state index contributed by atoms with van der Waals surface area (Å²) in [5.74, 6) is 0.305. The van der Waals surface area contributed by atoms with Crippen molar-refractivity contribution in [3.63, 3.8) is 0 Å². The van der Waals surface area contributed by atoms with E-state index in [1.54, 1.807) is 0 Å². The second-order valence-electron chi connectivity index (χ2n) is 5.26. The van der Waals surface area contributed by atoms with Gasteiger partial charge in [-0.2, -0.15) is 0 Å². The molecule has 0 bridgehead atoms. The molecule has 3 rings (SSSR count). The average Bonchev–Trinajstić information content (AvgIpc) is 2.71. The minimum Gasteiger partial charge on any atom is -0.378 e. The molecule has 1 aliphatic carbocycles. The lowest BCUT2D eigenvalue weighted by Crippen LogP contribution is -2.08. The Hall–Kier alpha value is -1.83. The maximum absolute atomic E-state index is 11.9. The van der Waals surface area contributed by atoms with Gasteiger partial charge < -0.3 is 4.90 Å². The van der Waals surface area contributed by atoms with Crippen LogP contribution in [0, 0.1) is 6.92 Å². The molecule has 18 heavy (non-hydrogen) atoms. The van der Waals surface area contributed by atoms with Crippen molar-refractivity contribution >= 4 is 22.2 Å². The fraction of sp³-hybridized carbons (Fsp3) is 0.312. The number of fused-ring (bicyclic) bond motifs is 2. The Morgan fingerprint density at radius 3 is 2.61 bits per heavy atom. The van der Waals surface area contributed by atoms with E-state index in [4.69, 9.17) is 0 Å². The SMILES string of the molecule is Cc1c2c(cc3ccc(N(C)C)cc13)CCC2=O. The van der Waals surface area contributed by atoms with Gasteiger partial charge in [0.2, 0.25) is 0 Å². The molecule has 1 aliphatic rings. The molecule has 2 nitrogen and oxygen atoms in total. The van der Waals surface area contributed by atoms with Gasteiger partial charge in [-0.3, -0.25) is 4.79 Å². The molecule has 0 spiro atoms. The predicted octanol–water partition coefficient (Wildman–Crippen LogP) is 3.34. The number of carbonyl (C=O) groups is 1. The van der Waals surface area contributed by atoms with Gasteiger partial charge in [-0.25, -0.2) is 0 Å². The number of hydrogen-bond donors (Lipinski definition) is 0. The molecule has 0 fully saturated rings. The van der Waals surface area contributed by atoms with Gasteiger partial charge in [0.25, 0.3) is 0 Å². The standard InChI is InChI=1S/C16H17NO/c1-10-14-9-13(17(2)3)6-4-11(14)8-12-5-7-15(18)16(10)12/h4,6,8-9H,5,7H2,1-3H3. The molecule has 2 aromatic carbocycles. The van der Waals surface area contributed by atoms with Crippen molar-refractivity contribution in [3.8, 4) is 0 Å². The first-order valence-corrected chi connectivity index (χ1v) is 6.34. The summed E-state index contributed by atoms with van der Waals surface area (Å²) in [7, 11) is 4.07. The molecule has 0 saturated carbocycles. The maximum atomic E-state index is 11.9. The zero-order chi connectivity index (χ0) is 12.9. The molecule has 2 aromatic rings. The van der Waals surface area contributed by atoms with E-state index in [1.807, 2.05) is 14.1 Å². The number of carbonyl (C=O) groups excluding carboxylic acids is 1. The number of rotatable bonds is 1. The number of hydrogen-bond acceptors (Lipinski definition) is 2. The van der Waals surface area contributed by atoms with Crippen molar-refractivity contribution in [1.29, 1.82) is 0 Å². The Balaban J connectivity index is 2.33. The molecule has 0 saturated heterocycles. The summed E-state index contributed by atoms with van der Waals surface area (Å²) >= 11 is 0. The van der Waals surface area contributed by atoms with Gasteiger partial charge in [0.05, 0.1) is 0 Å². The third kappa shape index (κ3) is 1.52. The highest BCUT2D eigenvalue weighted by atomic mass is 16.1. The molecule has 0 aromatic heterocycles. The predicted molar refractivity (Wildman–Crippen MR) is 75.7 cm³/mol. The summed E-state index contributed by atoms with van der Waals surface area (Å²) in [5.41, 5.74) is 4.52. The highest BCUT2D eigenvalue weighted by molar-refractivity contribution is 6.06. The highest BCUT2D eigenvalue weighted by Crippen LogP contribution is 2.33. The molecule has 0 atom stereocenters. The van der Waals surface area contributed by atoms with Gasteiger partial charge in [-0.1, -0.05) is 12.1 Å². The first-order valence-electron chi connectivity index (χ1n) is 6.34. The van der Waals surface area contributed by atoms with Crippen LogP contribution in [0.1, 0.15) is 27.9 Å². The number of benzene rings is 2. The normalized spacial score (nSPS) is 14.1. The van der Waals surface area contributed by atoms with Gasteiger partial charge in [0.1, 0.15) is 0 Å². The number of aryl methyl sites for hydroxylation is 2. The molecule has 0 amide bonds. The van der Waals surface area contributed by atoms with Gasteiger partial charge in [-0.15, -0.1) is 0 Å². The number of ketones is 1. The Labute approximate surface area is 107 Å². The van der Waals surface area contributed by atoms with Crippen molar-refractivity contribution in [2.24, 2.45) is 0 Å². The summed E-state index contributed by atoms with van der Waals surface area (Å²) in [6, 6.07) is 8.64. The smallest absolute Gasteiger partial charge is 0.163 e. The molecular weight excluding hydrogens is 222 g/mol. The lowest BCUT2D eigenvalue weighted by atomic mass is 9.96. The fourth-order valence-corrected chi connectivity index (χ4v) is 2.87. The topological polar surface area (TPSA) is 20.3 Å². The maximum Gasteiger partial charge on any atom is 0.163 e. The molecule has 0 unspecified atom stereocenters. The van der Waals surface area contributed by atoms with E-state index in [2.05, 4.69) is 36.1 Å². The van der Waals surface area contributed by atoms with E-state index in [0.717, 1.165) is 17.5 Å².